The van der Waals surface area contributed by atoms with E-state index < -0.39 is 0 Å². The van der Waals surface area contributed by atoms with E-state index in [1.54, 1.807) is 7.11 Å². The van der Waals surface area contributed by atoms with Crippen molar-refractivity contribution in [1.82, 2.24) is 5.32 Å². The number of benzene rings is 1. The highest BCUT2D eigenvalue weighted by Gasteiger charge is 2.12. The van der Waals surface area contributed by atoms with E-state index in [1.807, 2.05) is 23.9 Å². The molecule has 0 unspecified atom stereocenters. The van der Waals surface area contributed by atoms with Crippen molar-refractivity contribution >= 4 is 11.8 Å². The molecule has 2 rings (SSSR count). The number of thioether (sulfide) groups is 1. The Morgan fingerprint density at radius 1 is 1.25 bits per heavy atom. The molecule has 1 aromatic rings. The molecule has 1 saturated heterocycles. The fraction of sp³-hybridized carbons (Fsp3) is 0.538. The summed E-state index contributed by atoms with van der Waals surface area (Å²) in [5.74, 6) is 3.06. The first-order valence-electron chi connectivity index (χ1n) is 5.86. The molecule has 2 nitrogen and oxygen atoms in total. The van der Waals surface area contributed by atoms with Gasteiger partial charge in [0.2, 0.25) is 0 Å². The monoisotopic (exact) mass is 237 g/mol. The molecule has 0 aliphatic carbocycles. The smallest absolute Gasteiger partial charge is 0.118 e. The Balaban J connectivity index is 1.79. The third-order valence-corrected chi connectivity index (χ3v) is 4.25. The van der Waals surface area contributed by atoms with Gasteiger partial charge in [-0.2, -0.15) is 0 Å². The second-order valence-corrected chi connectivity index (χ2v) is 5.27. The van der Waals surface area contributed by atoms with Gasteiger partial charge in [0, 0.05) is 10.6 Å². The molecule has 1 aromatic carbocycles. The van der Waals surface area contributed by atoms with Gasteiger partial charge in [-0.05, 0) is 56.1 Å². The highest BCUT2D eigenvalue weighted by molar-refractivity contribution is 7.99. The standard InChI is InChI=1S/C13H19NOS/c1-15-12-2-4-13(5-3-12)16-10-11-6-8-14-9-7-11/h2-5,11,14H,6-10H2,1H3. The molecule has 88 valence electrons. The Hall–Kier alpha value is -0.670. The molecule has 1 heterocycles. The molecule has 0 amide bonds. The predicted molar refractivity (Wildman–Crippen MR) is 69.3 cm³/mol. The Morgan fingerprint density at radius 2 is 1.94 bits per heavy atom. The maximum Gasteiger partial charge on any atom is 0.118 e. The van der Waals surface area contributed by atoms with Crippen LogP contribution in [0.2, 0.25) is 0 Å². The van der Waals surface area contributed by atoms with Gasteiger partial charge in [0.15, 0.2) is 0 Å². The van der Waals surface area contributed by atoms with Crippen LogP contribution >= 0.6 is 11.8 Å². The van der Waals surface area contributed by atoms with Crippen molar-refractivity contribution in [3.05, 3.63) is 24.3 Å². The molecule has 0 spiro atoms. The molecule has 1 aliphatic rings. The maximum absolute atomic E-state index is 5.15. The van der Waals surface area contributed by atoms with Crippen molar-refractivity contribution in [3.63, 3.8) is 0 Å². The maximum atomic E-state index is 5.15. The van der Waals surface area contributed by atoms with Crippen molar-refractivity contribution in [2.75, 3.05) is 26.0 Å². The van der Waals surface area contributed by atoms with Gasteiger partial charge in [-0.15, -0.1) is 11.8 Å². The van der Waals surface area contributed by atoms with E-state index in [-0.39, 0.29) is 0 Å². The number of methoxy groups -OCH3 is 1. The lowest BCUT2D eigenvalue weighted by atomic mass is 10.0. The molecule has 16 heavy (non-hydrogen) atoms. The lowest BCUT2D eigenvalue weighted by Crippen LogP contribution is -2.28. The number of piperidine rings is 1. The molecule has 0 bridgehead atoms. The number of ether oxygens (including phenoxy) is 1. The van der Waals surface area contributed by atoms with Gasteiger partial charge < -0.3 is 10.1 Å². The second kappa shape index (κ2) is 6.16. The lowest BCUT2D eigenvalue weighted by molar-refractivity contribution is 0.408. The molecular weight excluding hydrogens is 218 g/mol. The highest BCUT2D eigenvalue weighted by atomic mass is 32.2. The van der Waals surface area contributed by atoms with Gasteiger partial charge >= 0.3 is 0 Å². The fourth-order valence-corrected chi connectivity index (χ4v) is 3.02. The summed E-state index contributed by atoms with van der Waals surface area (Å²) in [6.07, 6.45) is 2.65. The summed E-state index contributed by atoms with van der Waals surface area (Å²) in [6.45, 7) is 2.38. The molecule has 1 N–H and O–H groups in total. The van der Waals surface area contributed by atoms with E-state index in [9.17, 15) is 0 Å². The van der Waals surface area contributed by atoms with Crippen molar-refractivity contribution in [3.8, 4) is 5.75 Å². The van der Waals surface area contributed by atoms with E-state index in [0.717, 1.165) is 11.7 Å². The van der Waals surface area contributed by atoms with Gasteiger partial charge in [0.1, 0.15) is 5.75 Å². The summed E-state index contributed by atoms with van der Waals surface area (Å²) in [5, 5.41) is 3.40. The Kier molecular flexibility index (Phi) is 4.55. The van der Waals surface area contributed by atoms with E-state index in [2.05, 4.69) is 17.4 Å². The normalized spacial score (nSPS) is 17.3. The van der Waals surface area contributed by atoms with Crippen LogP contribution in [0.4, 0.5) is 0 Å². The molecule has 1 fully saturated rings. The predicted octanol–water partition coefficient (Wildman–Crippen LogP) is 2.79. The number of nitrogens with one attached hydrogen (secondary N) is 1. The Bertz CT molecular complexity index is 306. The summed E-state index contributed by atoms with van der Waals surface area (Å²) in [6, 6.07) is 8.35. The lowest BCUT2D eigenvalue weighted by Gasteiger charge is -2.22. The van der Waals surface area contributed by atoms with Gasteiger partial charge in [-0.25, -0.2) is 0 Å². The Morgan fingerprint density at radius 3 is 2.56 bits per heavy atom. The first-order chi connectivity index (χ1) is 7.88. The molecular formula is C13H19NOS. The number of rotatable bonds is 4. The zero-order chi connectivity index (χ0) is 11.2. The number of hydrogen-bond donors (Lipinski definition) is 1. The fourth-order valence-electron chi connectivity index (χ4n) is 1.93. The minimum absolute atomic E-state index is 0.883. The van der Waals surface area contributed by atoms with Crippen LogP contribution in [0, 0.1) is 5.92 Å². The first-order valence-corrected chi connectivity index (χ1v) is 6.84. The third kappa shape index (κ3) is 3.42. The van der Waals surface area contributed by atoms with E-state index in [4.69, 9.17) is 4.74 Å². The van der Waals surface area contributed by atoms with Crippen LogP contribution in [-0.4, -0.2) is 26.0 Å². The highest BCUT2D eigenvalue weighted by Crippen LogP contribution is 2.26. The van der Waals surface area contributed by atoms with E-state index >= 15 is 0 Å². The van der Waals surface area contributed by atoms with Crippen LogP contribution in [0.3, 0.4) is 0 Å². The van der Waals surface area contributed by atoms with Crippen LogP contribution in [0.25, 0.3) is 0 Å². The van der Waals surface area contributed by atoms with Gasteiger partial charge in [-0.3, -0.25) is 0 Å². The third-order valence-electron chi connectivity index (χ3n) is 3.00. The van der Waals surface area contributed by atoms with Crippen molar-refractivity contribution in [2.24, 2.45) is 5.92 Å². The molecule has 0 radical (unpaired) electrons. The molecule has 0 atom stereocenters. The first kappa shape index (κ1) is 11.8. The van der Waals surface area contributed by atoms with Crippen LogP contribution in [0.15, 0.2) is 29.2 Å². The van der Waals surface area contributed by atoms with Crippen LogP contribution in [0.5, 0.6) is 5.75 Å². The van der Waals surface area contributed by atoms with Crippen LogP contribution in [-0.2, 0) is 0 Å². The summed E-state index contributed by atoms with van der Waals surface area (Å²) in [7, 11) is 1.71. The largest absolute Gasteiger partial charge is 0.497 e. The topological polar surface area (TPSA) is 21.3 Å². The van der Waals surface area contributed by atoms with Crippen LogP contribution in [0.1, 0.15) is 12.8 Å². The van der Waals surface area contributed by atoms with Gasteiger partial charge in [0.05, 0.1) is 7.11 Å². The van der Waals surface area contributed by atoms with Gasteiger partial charge in [0.25, 0.3) is 0 Å². The minimum Gasteiger partial charge on any atom is -0.497 e. The zero-order valence-corrected chi connectivity index (χ0v) is 10.6. The van der Waals surface area contributed by atoms with Gasteiger partial charge in [-0.1, -0.05) is 0 Å². The molecule has 3 heteroatoms. The van der Waals surface area contributed by atoms with Crippen LogP contribution < -0.4 is 10.1 Å². The molecule has 0 aromatic heterocycles. The second-order valence-electron chi connectivity index (χ2n) is 4.18. The van der Waals surface area contributed by atoms with Crippen molar-refractivity contribution < 1.29 is 4.74 Å². The summed E-state index contributed by atoms with van der Waals surface area (Å²) in [4.78, 5) is 1.35. The van der Waals surface area contributed by atoms with E-state index in [1.165, 1.54) is 36.6 Å². The van der Waals surface area contributed by atoms with Crippen molar-refractivity contribution in [2.45, 2.75) is 17.7 Å². The minimum atomic E-state index is 0.883. The molecule has 0 saturated carbocycles. The quantitative estimate of drug-likeness (QED) is 0.814. The average molecular weight is 237 g/mol. The Labute approximate surface area is 102 Å². The molecule has 1 aliphatic heterocycles. The zero-order valence-electron chi connectivity index (χ0n) is 9.74. The average Bonchev–Trinajstić information content (AvgIpc) is 2.38. The van der Waals surface area contributed by atoms with Crippen molar-refractivity contribution in [1.29, 1.82) is 0 Å². The van der Waals surface area contributed by atoms with E-state index in [0.29, 0.717) is 0 Å². The summed E-state index contributed by atoms with van der Waals surface area (Å²) >= 11 is 1.96. The summed E-state index contributed by atoms with van der Waals surface area (Å²) < 4.78 is 5.15. The number of hydrogen-bond acceptors (Lipinski definition) is 3. The SMILES string of the molecule is COc1ccc(SCC2CCNCC2)cc1. The summed E-state index contributed by atoms with van der Waals surface area (Å²) in [5.41, 5.74) is 0.